The van der Waals surface area contributed by atoms with Crippen LogP contribution in [0.2, 0.25) is 0 Å². The number of rotatable bonds is 18. The third-order valence-electron chi connectivity index (χ3n) is 6.20. The van der Waals surface area contributed by atoms with Crippen LogP contribution in [0.5, 0.6) is 0 Å². The van der Waals surface area contributed by atoms with E-state index in [1.165, 1.54) is 6.92 Å². The summed E-state index contributed by atoms with van der Waals surface area (Å²) in [6.07, 6.45) is -0.894. The Morgan fingerprint density at radius 1 is 0.756 bits per heavy atom. The molecule has 1 aromatic carbocycles. The van der Waals surface area contributed by atoms with Crippen LogP contribution in [0.1, 0.15) is 45.6 Å². The molecule has 1 aromatic rings. The highest BCUT2D eigenvalue weighted by molar-refractivity contribution is 5.95. The number of hydrogen-bond acceptors (Lipinski definition) is 9. The lowest BCUT2D eigenvalue weighted by atomic mass is 10.00. The summed E-state index contributed by atoms with van der Waals surface area (Å²) in [4.78, 5) is 63.6. The van der Waals surface area contributed by atoms with Crippen LogP contribution in [0.4, 0.5) is 0 Å². The normalized spacial score (nSPS) is 15.5. The van der Waals surface area contributed by atoms with Gasteiger partial charge in [0.05, 0.1) is 12.1 Å². The third kappa shape index (κ3) is 12.6. The van der Waals surface area contributed by atoms with Crippen LogP contribution >= 0.6 is 0 Å². The molecule has 0 aromatic heterocycles. The Bertz CT molecular complexity index is 1010. The largest absolute Gasteiger partial charge is 0.480 e. The highest BCUT2D eigenvalue weighted by atomic mass is 16.4. The standard InChI is InChI=1S/C27H45N7O7/c1-15(2)13-20(25(38)31-19(10-12-29)24(37)34-22(16(3)35)27(40)41)33-26(39)21(14-17-7-5-4-6-8-17)32-23(36)18(30)9-11-28/h4-8,15-16,18-22,35H,9-14,28-30H2,1-3H3,(H,31,38)(H,32,36)(H,33,39)(H,34,37)(H,40,41)/t16-,18+,19+,20+,21-,22+/m1/s1. The van der Waals surface area contributed by atoms with Gasteiger partial charge in [-0.3, -0.25) is 19.2 Å². The molecule has 230 valence electrons. The lowest BCUT2D eigenvalue weighted by molar-refractivity contribution is -0.145. The third-order valence-corrected chi connectivity index (χ3v) is 6.20. The van der Waals surface area contributed by atoms with Crippen molar-refractivity contribution in [2.24, 2.45) is 23.1 Å². The molecule has 0 aliphatic heterocycles. The van der Waals surface area contributed by atoms with E-state index in [1.807, 2.05) is 19.9 Å². The van der Waals surface area contributed by atoms with Crippen LogP contribution in [-0.2, 0) is 30.4 Å². The van der Waals surface area contributed by atoms with Crippen molar-refractivity contribution in [3.63, 3.8) is 0 Å². The molecule has 0 saturated carbocycles. The first kappa shape index (κ1) is 35.4. The van der Waals surface area contributed by atoms with Gasteiger partial charge in [-0.05, 0) is 50.8 Å². The van der Waals surface area contributed by atoms with Gasteiger partial charge in [-0.25, -0.2) is 4.79 Å². The summed E-state index contributed by atoms with van der Waals surface area (Å²) in [6, 6.07) is 3.05. The van der Waals surface area contributed by atoms with E-state index in [-0.39, 0.29) is 44.7 Å². The molecule has 0 saturated heterocycles. The molecule has 0 aliphatic carbocycles. The second-order valence-electron chi connectivity index (χ2n) is 10.3. The van der Waals surface area contributed by atoms with Crippen molar-refractivity contribution in [2.45, 2.75) is 82.8 Å². The number of nitrogens with one attached hydrogen (secondary N) is 4. The summed E-state index contributed by atoms with van der Waals surface area (Å²) in [5.41, 5.74) is 17.8. The van der Waals surface area contributed by atoms with E-state index in [2.05, 4.69) is 21.3 Å². The Hall–Kier alpha value is -3.59. The number of nitrogens with two attached hydrogens (primary N) is 3. The van der Waals surface area contributed by atoms with E-state index in [4.69, 9.17) is 17.2 Å². The molecule has 0 unspecified atom stereocenters. The number of carboxylic acids is 1. The predicted octanol–water partition coefficient (Wildman–Crippen LogP) is -2.30. The number of aliphatic hydroxyl groups excluding tert-OH is 1. The molecule has 41 heavy (non-hydrogen) atoms. The predicted molar refractivity (Wildman–Crippen MR) is 152 cm³/mol. The molecule has 0 fully saturated rings. The van der Waals surface area contributed by atoms with Crippen LogP contribution in [0.3, 0.4) is 0 Å². The molecule has 6 atom stereocenters. The van der Waals surface area contributed by atoms with Gasteiger partial charge in [-0.1, -0.05) is 44.2 Å². The fourth-order valence-corrected chi connectivity index (χ4v) is 3.97. The van der Waals surface area contributed by atoms with Crippen molar-refractivity contribution in [1.82, 2.24) is 21.3 Å². The van der Waals surface area contributed by atoms with E-state index in [1.54, 1.807) is 24.3 Å². The van der Waals surface area contributed by atoms with Gasteiger partial charge in [-0.2, -0.15) is 0 Å². The molecule has 12 N–H and O–H groups in total. The fourth-order valence-electron chi connectivity index (χ4n) is 3.97. The molecular weight excluding hydrogens is 534 g/mol. The van der Waals surface area contributed by atoms with E-state index in [0.717, 1.165) is 5.56 Å². The molecule has 0 radical (unpaired) electrons. The summed E-state index contributed by atoms with van der Waals surface area (Å²) in [5, 5.41) is 29.0. The molecule has 0 spiro atoms. The van der Waals surface area contributed by atoms with Gasteiger partial charge in [0.2, 0.25) is 23.6 Å². The summed E-state index contributed by atoms with van der Waals surface area (Å²) in [7, 11) is 0. The number of aliphatic hydroxyl groups is 1. The second-order valence-corrected chi connectivity index (χ2v) is 10.3. The zero-order valence-corrected chi connectivity index (χ0v) is 23.8. The average molecular weight is 580 g/mol. The van der Waals surface area contributed by atoms with Gasteiger partial charge >= 0.3 is 5.97 Å². The van der Waals surface area contributed by atoms with Crippen molar-refractivity contribution in [1.29, 1.82) is 0 Å². The van der Waals surface area contributed by atoms with E-state index in [9.17, 15) is 34.2 Å². The van der Waals surface area contributed by atoms with Crippen LogP contribution < -0.4 is 38.5 Å². The molecule has 0 aliphatic rings. The first-order chi connectivity index (χ1) is 19.3. The minimum Gasteiger partial charge on any atom is -0.480 e. The molecule has 0 bridgehead atoms. The lowest BCUT2D eigenvalue weighted by Crippen LogP contribution is -2.59. The van der Waals surface area contributed by atoms with E-state index in [0.29, 0.717) is 0 Å². The zero-order valence-electron chi connectivity index (χ0n) is 23.8. The molecule has 0 heterocycles. The number of carbonyl (C=O) groups is 5. The molecule has 1 rings (SSSR count). The number of carbonyl (C=O) groups excluding carboxylic acids is 4. The minimum atomic E-state index is -1.60. The van der Waals surface area contributed by atoms with Crippen molar-refractivity contribution >= 4 is 29.6 Å². The summed E-state index contributed by atoms with van der Waals surface area (Å²) >= 11 is 0. The van der Waals surface area contributed by atoms with E-state index >= 15 is 0 Å². The van der Waals surface area contributed by atoms with Crippen molar-refractivity contribution in [2.75, 3.05) is 13.1 Å². The Balaban J connectivity index is 3.15. The number of benzene rings is 1. The number of carboxylic acid groups (broad SMARTS) is 1. The first-order valence-electron chi connectivity index (χ1n) is 13.6. The maximum atomic E-state index is 13.4. The second kappa shape index (κ2) is 18.0. The quantitative estimate of drug-likeness (QED) is 0.0899. The molecule has 4 amide bonds. The van der Waals surface area contributed by atoms with Gasteiger partial charge < -0.3 is 48.7 Å². The van der Waals surface area contributed by atoms with Crippen LogP contribution in [0.15, 0.2) is 30.3 Å². The summed E-state index contributed by atoms with van der Waals surface area (Å²) < 4.78 is 0. The van der Waals surface area contributed by atoms with Crippen LogP contribution in [0.25, 0.3) is 0 Å². The first-order valence-corrected chi connectivity index (χ1v) is 13.6. The Kier molecular flexibility index (Phi) is 15.5. The maximum absolute atomic E-state index is 13.4. The Labute approximate surface area is 240 Å². The Morgan fingerprint density at radius 3 is 1.78 bits per heavy atom. The number of aliphatic carboxylic acids is 1. The van der Waals surface area contributed by atoms with Gasteiger partial charge in [0.15, 0.2) is 6.04 Å². The van der Waals surface area contributed by atoms with Crippen LogP contribution in [0, 0.1) is 5.92 Å². The Morgan fingerprint density at radius 2 is 1.27 bits per heavy atom. The SMILES string of the molecule is CC(C)C[C@H](NC(=O)[C@@H](Cc1ccccc1)NC(=O)[C@@H](N)CCN)C(=O)N[C@@H](CCN)C(=O)N[C@H](C(=O)O)[C@@H](C)O. The monoisotopic (exact) mass is 579 g/mol. The van der Waals surface area contributed by atoms with Gasteiger partial charge in [0, 0.05) is 6.42 Å². The number of hydrogen-bond donors (Lipinski definition) is 9. The van der Waals surface area contributed by atoms with Gasteiger partial charge in [0.25, 0.3) is 0 Å². The zero-order chi connectivity index (χ0) is 31.1. The summed E-state index contributed by atoms with van der Waals surface area (Å²) in [6.45, 7) is 5.05. The minimum absolute atomic E-state index is 0.0137. The lowest BCUT2D eigenvalue weighted by Gasteiger charge is -2.27. The van der Waals surface area contributed by atoms with Crippen molar-refractivity contribution < 1.29 is 34.2 Å². The topological polar surface area (TPSA) is 252 Å². The van der Waals surface area contributed by atoms with E-state index < -0.39 is 65.9 Å². The van der Waals surface area contributed by atoms with Crippen molar-refractivity contribution in [3.8, 4) is 0 Å². The highest BCUT2D eigenvalue weighted by Gasteiger charge is 2.33. The van der Waals surface area contributed by atoms with Gasteiger partial charge in [0.1, 0.15) is 18.1 Å². The number of amides is 4. The fraction of sp³-hybridized carbons (Fsp3) is 0.593. The molecular formula is C27H45N7O7. The molecule has 14 heteroatoms. The molecule has 14 nitrogen and oxygen atoms in total. The summed E-state index contributed by atoms with van der Waals surface area (Å²) in [5.74, 6) is -4.26. The smallest absolute Gasteiger partial charge is 0.328 e. The van der Waals surface area contributed by atoms with Crippen LogP contribution in [-0.4, -0.2) is 89.2 Å². The average Bonchev–Trinajstić information content (AvgIpc) is 2.90. The highest BCUT2D eigenvalue weighted by Crippen LogP contribution is 2.09. The maximum Gasteiger partial charge on any atom is 0.328 e. The van der Waals surface area contributed by atoms with Gasteiger partial charge in [-0.15, -0.1) is 0 Å². The van der Waals surface area contributed by atoms with Crippen molar-refractivity contribution in [3.05, 3.63) is 35.9 Å².